The molecular formula is C21H31NO4S. The van der Waals surface area contributed by atoms with Crippen molar-refractivity contribution < 1.29 is 18.8 Å². The normalized spacial score (nSPS) is 21.9. The summed E-state index contributed by atoms with van der Waals surface area (Å²) in [5, 5.41) is 0. The number of esters is 1. The quantitative estimate of drug-likeness (QED) is 0.297. The molecule has 0 bridgehead atoms. The van der Waals surface area contributed by atoms with Gasteiger partial charge in [-0.2, -0.15) is 4.33 Å². The Morgan fingerprint density at radius 1 is 1.11 bits per heavy atom. The first-order valence-electron chi connectivity index (χ1n) is 9.91. The zero-order chi connectivity index (χ0) is 19.3. The van der Waals surface area contributed by atoms with E-state index in [1.165, 1.54) is 32.0 Å². The van der Waals surface area contributed by atoms with E-state index in [-0.39, 0.29) is 12.1 Å². The summed E-state index contributed by atoms with van der Waals surface area (Å²) >= 11 is 1.17. The Labute approximate surface area is 166 Å². The number of hydrogen-bond donors (Lipinski definition) is 0. The van der Waals surface area contributed by atoms with Crippen LogP contribution < -0.4 is 0 Å². The average Bonchev–Trinajstić information content (AvgIpc) is 3.23. The number of piperidine rings is 1. The van der Waals surface area contributed by atoms with Crippen LogP contribution in [0.25, 0.3) is 0 Å². The maximum atomic E-state index is 13.4. The van der Waals surface area contributed by atoms with Crippen molar-refractivity contribution in [3.05, 3.63) is 29.8 Å². The molecular weight excluding hydrogens is 362 g/mol. The number of rotatable bonds is 7. The molecule has 27 heavy (non-hydrogen) atoms. The van der Waals surface area contributed by atoms with Crippen molar-refractivity contribution in [3.63, 3.8) is 0 Å². The molecule has 1 aliphatic carbocycles. The largest absolute Gasteiger partial charge is 0.462 e. The van der Waals surface area contributed by atoms with Crippen LogP contribution in [-0.4, -0.2) is 44.2 Å². The Hall–Kier alpha value is -1.08. The second kappa shape index (κ2) is 9.41. The summed E-state index contributed by atoms with van der Waals surface area (Å²) in [5.41, 5.74) is 0.444. The number of benzene rings is 1. The van der Waals surface area contributed by atoms with Gasteiger partial charge in [-0.25, -0.2) is 4.89 Å². The minimum Gasteiger partial charge on any atom is -0.462 e. The van der Waals surface area contributed by atoms with Gasteiger partial charge in [-0.15, -0.1) is 0 Å². The van der Waals surface area contributed by atoms with E-state index in [0.29, 0.717) is 5.92 Å². The molecule has 5 nitrogen and oxygen atoms in total. The molecule has 1 aromatic rings. The smallest absolute Gasteiger partial charge is 0.316 e. The molecule has 2 aliphatic rings. The van der Waals surface area contributed by atoms with Crippen LogP contribution in [0.15, 0.2) is 29.2 Å². The van der Waals surface area contributed by atoms with Crippen LogP contribution in [0.3, 0.4) is 0 Å². The van der Waals surface area contributed by atoms with Gasteiger partial charge in [0.25, 0.3) is 0 Å². The standard InChI is InChI=1S/C21H31NO4S/c1-21(16-6-4-5-7-16,17-8-10-19(11-9-17)27-26-24-3)20(23)25-18-12-14-22(2)15-13-18/h8-11,16,18H,4-7,12-15H2,1-3H3. The van der Waals surface area contributed by atoms with Gasteiger partial charge in [0.05, 0.1) is 24.6 Å². The van der Waals surface area contributed by atoms with Gasteiger partial charge in [-0.05, 0) is 63.3 Å². The van der Waals surface area contributed by atoms with Gasteiger partial charge < -0.3 is 9.64 Å². The molecule has 0 radical (unpaired) electrons. The van der Waals surface area contributed by atoms with E-state index in [0.717, 1.165) is 49.2 Å². The maximum Gasteiger partial charge on any atom is 0.316 e. The number of ether oxygens (including phenoxy) is 1. The molecule has 150 valence electrons. The molecule has 1 atom stereocenters. The molecule has 0 N–H and O–H groups in total. The Morgan fingerprint density at radius 2 is 1.74 bits per heavy atom. The van der Waals surface area contributed by atoms with Crippen molar-refractivity contribution in [1.82, 2.24) is 4.90 Å². The zero-order valence-corrected chi connectivity index (χ0v) is 17.4. The van der Waals surface area contributed by atoms with Crippen molar-refractivity contribution >= 4 is 18.0 Å². The van der Waals surface area contributed by atoms with Gasteiger partial charge in [-0.3, -0.25) is 4.79 Å². The minimum atomic E-state index is -0.592. The molecule has 0 amide bonds. The van der Waals surface area contributed by atoms with Crippen molar-refractivity contribution in [2.75, 3.05) is 27.2 Å². The van der Waals surface area contributed by atoms with Crippen LogP contribution >= 0.6 is 12.0 Å². The van der Waals surface area contributed by atoms with Crippen molar-refractivity contribution in [3.8, 4) is 0 Å². The SMILES string of the molecule is COOSc1ccc(C(C)(C(=O)OC2CCN(C)CC2)C2CCCC2)cc1. The monoisotopic (exact) mass is 393 g/mol. The summed E-state index contributed by atoms with van der Waals surface area (Å²) in [6.07, 6.45) is 6.44. The maximum absolute atomic E-state index is 13.4. The van der Waals surface area contributed by atoms with Crippen LogP contribution in [0.5, 0.6) is 0 Å². The zero-order valence-electron chi connectivity index (χ0n) is 16.6. The predicted octanol–water partition coefficient (Wildman–Crippen LogP) is 4.36. The number of carbonyl (C=O) groups excluding carboxylic acids is 1. The molecule has 1 saturated heterocycles. The Bertz CT molecular complexity index is 609. The first-order chi connectivity index (χ1) is 13.0. The van der Waals surface area contributed by atoms with E-state index in [1.54, 1.807) is 0 Å². The van der Waals surface area contributed by atoms with Crippen molar-refractivity contribution in [2.45, 2.75) is 61.9 Å². The summed E-state index contributed by atoms with van der Waals surface area (Å²) in [5.74, 6) is 0.280. The van der Waals surface area contributed by atoms with Gasteiger partial charge in [0, 0.05) is 18.0 Å². The van der Waals surface area contributed by atoms with E-state index in [2.05, 4.69) is 23.8 Å². The molecule has 1 aliphatic heterocycles. The molecule has 2 fully saturated rings. The number of hydrogen-bond acceptors (Lipinski definition) is 6. The lowest BCUT2D eigenvalue weighted by atomic mass is 9.71. The third kappa shape index (κ3) is 4.86. The summed E-state index contributed by atoms with van der Waals surface area (Å²) < 4.78 is 11.0. The van der Waals surface area contributed by atoms with Gasteiger partial charge in [0.2, 0.25) is 0 Å². The third-order valence-corrected chi connectivity index (χ3v) is 6.86. The predicted molar refractivity (Wildman–Crippen MR) is 106 cm³/mol. The molecule has 1 heterocycles. The fourth-order valence-corrected chi connectivity index (χ4v) is 4.72. The van der Waals surface area contributed by atoms with E-state index >= 15 is 0 Å². The summed E-state index contributed by atoms with van der Waals surface area (Å²) in [7, 11) is 3.60. The van der Waals surface area contributed by atoms with Gasteiger partial charge in [0.1, 0.15) is 6.10 Å². The van der Waals surface area contributed by atoms with Crippen molar-refractivity contribution in [1.29, 1.82) is 0 Å². The Morgan fingerprint density at radius 3 is 2.33 bits per heavy atom. The number of nitrogens with zero attached hydrogens (tertiary/aromatic N) is 1. The van der Waals surface area contributed by atoms with Crippen LogP contribution in [-0.2, 0) is 24.2 Å². The lowest BCUT2D eigenvalue weighted by molar-refractivity contribution is -0.160. The van der Waals surface area contributed by atoms with E-state index < -0.39 is 5.41 Å². The lowest BCUT2D eigenvalue weighted by Gasteiger charge is -2.37. The third-order valence-electron chi connectivity index (χ3n) is 6.19. The highest BCUT2D eigenvalue weighted by Crippen LogP contribution is 2.44. The highest BCUT2D eigenvalue weighted by Gasteiger charge is 2.46. The fourth-order valence-electron chi connectivity index (χ4n) is 4.33. The summed E-state index contributed by atoms with van der Waals surface area (Å²) in [6, 6.07) is 8.04. The summed E-state index contributed by atoms with van der Waals surface area (Å²) in [4.78, 5) is 21.2. The van der Waals surface area contributed by atoms with Gasteiger partial charge in [0.15, 0.2) is 0 Å². The van der Waals surface area contributed by atoms with Gasteiger partial charge >= 0.3 is 5.97 Å². The molecule has 0 aromatic heterocycles. The van der Waals surface area contributed by atoms with Crippen LogP contribution in [0.1, 0.15) is 51.0 Å². The minimum absolute atomic E-state index is 0.0411. The number of likely N-dealkylation sites (tertiary alicyclic amines) is 1. The van der Waals surface area contributed by atoms with Crippen LogP contribution in [0, 0.1) is 5.92 Å². The molecule has 3 rings (SSSR count). The highest BCUT2D eigenvalue weighted by atomic mass is 32.2. The topological polar surface area (TPSA) is 48.0 Å². The van der Waals surface area contributed by atoms with Gasteiger partial charge in [-0.1, -0.05) is 25.0 Å². The second-order valence-corrected chi connectivity index (χ2v) is 8.71. The highest BCUT2D eigenvalue weighted by molar-refractivity contribution is 7.94. The van der Waals surface area contributed by atoms with Crippen LogP contribution in [0.4, 0.5) is 0 Å². The first kappa shape index (κ1) is 20.6. The lowest BCUT2D eigenvalue weighted by Crippen LogP contribution is -2.44. The molecule has 1 unspecified atom stereocenters. The first-order valence-corrected chi connectivity index (χ1v) is 10.7. The Kier molecular flexibility index (Phi) is 7.20. The van der Waals surface area contributed by atoms with Crippen molar-refractivity contribution in [2.24, 2.45) is 5.92 Å². The second-order valence-electron chi connectivity index (χ2n) is 7.93. The van der Waals surface area contributed by atoms with Crippen LogP contribution in [0.2, 0.25) is 0 Å². The molecule has 0 spiro atoms. The number of carbonyl (C=O) groups is 1. The molecule has 1 saturated carbocycles. The molecule has 1 aromatic carbocycles. The Balaban J connectivity index is 1.77. The average molecular weight is 394 g/mol. The van der Waals surface area contributed by atoms with E-state index in [4.69, 9.17) is 9.07 Å². The molecule has 6 heteroatoms. The summed E-state index contributed by atoms with van der Waals surface area (Å²) in [6.45, 7) is 4.06. The van der Waals surface area contributed by atoms with E-state index in [1.807, 2.05) is 24.3 Å². The van der Waals surface area contributed by atoms with E-state index in [9.17, 15) is 4.79 Å². The fraction of sp³-hybridized carbons (Fsp3) is 0.667.